The largest absolute Gasteiger partial charge is 0.488 e. The standard InChI is InChI=1S/C11H11BO4S/c1-17(15,16)11-7-9(12(13)14)6-8-4-2-3-5-10(8)11/h2-7,13-14H,1H3. The molecule has 2 N–H and O–H groups in total. The lowest BCUT2D eigenvalue weighted by Gasteiger charge is -2.08. The highest BCUT2D eigenvalue weighted by atomic mass is 32.2. The zero-order valence-electron chi connectivity index (χ0n) is 9.16. The Morgan fingerprint density at radius 1 is 1.12 bits per heavy atom. The smallest absolute Gasteiger partial charge is 0.423 e. The van der Waals surface area contributed by atoms with Crippen LogP contribution in [0.25, 0.3) is 10.8 Å². The first-order chi connectivity index (χ1) is 7.89. The molecule has 0 aliphatic carbocycles. The zero-order chi connectivity index (χ0) is 12.6. The lowest BCUT2D eigenvalue weighted by molar-refractivity contribution is 0.426. The van der Waals surface area contributed by atoms with Crippen molar-refractivity contribution in [3.8, 4) is 0 Å². The minimum Gasteiger partial charge on any atom is -0.423 e. The van der Waals surface area contributed by atoms with Crippen LogP contribution in [-0.2, 0) is 9.84 Å². The quantitative estimate of drug-likeness (QED) is 0.731. The molecule has 0 spiro atoms. The second-order valence-electron chi connectivity index (χ2n) is 3.89. The molecule has 0 radical (unpaired) electrons. The van der Waals surface area contributed by atoms with Gasteiger partial charge in [0, 0.05) is 11.6 Å². The van der Waals surface area contributed by atoms with E-state index in [0.717, 1.165) is 6.26 Å². The maximum atomic E-state index is 11.7. The van der Waals surface area contributed by atoms with E-state index in [1.807, 2.05) is 0 Å². The molecule has 0 unspecified atom stereocenters. The van der Waals surface area contributed by atoms with Crippen molar-refractivity contribution in [2.45, 2.75) is 4.90 Å². The Kier molecular flexibility index (Phi) is 2.95. The van der Waals surface area contributed by atoms with Crippen LogP contribution in [0.2, 0.25) is 0 Å². The van der Waals surface area contributed by atoms with Crippen LogP contribution in [-0.4, -0.2) is 31.8 Å². The molecule has 0 saturated heterocycles. The van der Waals surface area contributed by atoms with Crippen LogP contribution in [0.4, 0.5) is 0 Å². The predicted octanol–water partition coefficient (Wildman–Crippen LogP) is -0.0769. The van der Waals surface area contributed by atoms with E-state index in [4.69, 9.17) is 10.0 Å². The van der Waals surface area contributed by atoms with Gasteiger partial charge in [0.15, 0.2) is 9.84 Å². The van der Waals surface area contributed by atoms with Gasteiger partial charge in [0.1, 0.15) is 0 Å². The number of hydrogen-bond acceptors (Lipinski definition) is 4. The Hall–Kier alpha value is -1.37. The first-order valence-electron chi connectivity index (χ1n) is 4.98. The first-order valence-corrected chi connectivity index (χ1v) is 6.87. The third-order valence-electron chi connectivity index (χ3n) is 2.54. The van der Waals surface area contributed by atoms with E-state index in [1.54, 1.807) is 30.3 Å². The van der Waals surface area contributed by atoms with E-state index >= 15 is 0 Å². The molecule has 0 aromatic heterocycles. The summed E-state index contributed by atoms with van der Waals surface area (Å²) < 4.78 is 23.3. The minimum absolute atomic E-state index is 0.110. The molecule has 0 aliphatic rings. The highest BCUT2D eigenvalue weighted by Gasteiger charge is 2.18. The molecule has 0 saturated carbocycles. The summed E-state index contributed by atoms with van der Waals surface area (Å²) in [5, 5.41) is 19.5. The van der Waals surface area contributed by atoms with Crippen LogP contribution in [0.5, 0.6) is 0 Å². The fourth-order valence-corrected chi connectivity index (χ4v) is 2.69. The molecular weight excluding hydrogens is 239 g/mol. The van der Waals surface area contributed by atoms with Gasteiger partial charge in [0.25, 0.3) is 0 Å². The second-order valence-corrected chi connectivity index (χ2v) is 5.87. The highest BCUT2D eigenvalue weighted by Crippen LogP contribution is 2.21. The number of fused-ring (bicyclic) bond motifs is 1. The zero-order valence-corrected chi connectivity index (χ0v) is 9.98. The summed E-state index contributed by atoms with van der Waals surface area (Å²) in [6.07, 6.45) is 1.10. The monoisotopic (exact) mass is 250 g/mol. The molecule has 17 heavy (non-hydrogen) atoms. The van der Waals surface area contributed by atoms with Crippen LogP contribution in [0.15, 0.2) is 41.3 Å². The highest BCUT2D eigenvalue weighted by molar-refractivity contribution is 7.91. The SMILES string of the molecule is CS(=O)(=O)c1cc(B(O)O)cc2ccccc12. The van der Waals surface area contributed by atoms with Gasteiger partial charge >= 0.3 is 7.12 Å². The predicted molar refractivity (Wildman–Crippen MR) is 66.9 cm³/mol. The molecule has 0 aliphatic heterocycles. The van der Waals surface area contributed by atoms with Crippen molar-refractivity contribution in [3.05, 3.63) is 36.4 Å². The van der Waals surface area contributed by atoms with Crippen LogP contribution < -0.4 is 5.46 Å². The van der Waals surface area contributed by atoms with Gasteiger partial charge in [-0.1, -0.05) is 30.3 Å². The summed E-state index contributed by atoms with van der Waals surface area (Å²) in [4.78, 5) is 0.110. The Morgan fingerprint density at radius 2 is 1.76 bits per heavy atom. The molecule has 2 aromatic carbocycles. The van der Waals surface area contributed by atoms with Crippen LogP contribution in [0.3, 0.4) is 0 Å². The molecule has 6 heteroatoms. The molecule has 4 nitrogen and oxygen atoms in total. The Balaban J connectivity index is 2.88. The second kappa shape index (κ2) is 4.14. The first kappa shape index (κ1) is 12.1. The van der Waals surface area contributed by atoms with Gasteiger partial charge in [-0.2, -0.15) is 0 Å². The van der Waals surface area contributed by atoms with Gasteiger partial charge in [-0.3, -0.25) is 0 Å². The summed E-state index contributed by atoms with van der Waals surface area (Å²) in [6.45, 7) is 0. The topological polar surface area (TPSA) is 74.6 Å². The van der Waals surface area contributed by atoms with E-state index in [-0.39, 0.29) is 10.4 Å². The van der Waals surface area contributed by atoms with Gasteiger partial charge in [-0.25, -0.2) is 8.42 Å². The molecular formula is C11H11BO4S. The van der Waals surface area contributed by atoms with Gasteiger partial charge in [0.05, 0.1) is 4.90 Å². The van der Waals surface area contributed by atoms with Gasteiger partial charge in [-0.15, -0.1) is 0 Å². The fraction of sp³-hybridized carbons (Fsp3) is 0.0909. The molecule has 0 heterocycles. The molecule has 88 valence electrons. The lowest BCUT2D eigenvalue weighted by atomic mass is 9.79. The fourth-order valence-electron chi connectivity index (χ4n) is 1.75. The Bertz CT molecular complexity index is 664. The molecule has 0 amide bonds. The van der Waals surface area contributed by atoms with Crippen molar-refractivity contribution in [1.29, 1.82) is 0 Å². The Labute approximate surface area is 99.6 Å². The van der Waals surface area contributed by atoms with E-state index in [1.165, 1.54) is 6.07 Å². The third-order valence-corrected chi connectivity index (χ3v) is 3.68. The van der Waals surface area contributed by atoms with Crippen molar-refractivity contribution in [2.24, 2.45) is 0 Å². The van der Waals surface area contributed by atoms with E-state index in [0.29, 0.717) is 10.8 Å². The van der Waals surface area contributed by atoms with E-state index in [2.05, 4.69) is 0 Å². The van der Waals surface area contributed by atoms with Crippen molar-refractivity contribution >= 4 is 33.2 Å². The summed E-state index contributed by atoms with van der Waals surface area (Å²) >= 11 is 0. The van der Waals surface area contributed by atoms with Gasteiger partial charge < -0.3 is 10.0 Å². The normalized spacial score (nSPS) is 11.7. The van der Waals surface area contributed by atoms with Crippen molar-refractivity contribution < 1.29 is 18.5 Å². The average Bonchev–Trinajstić information content (AvgIpc) is 2.26. The molecule has 0 atom stereocenters. The summed E-state index contributed by atoms with van der Waals surface area (Å²) in [5.41, 5.74) is 0.170. The van der Waals surface area contributed by atoms with Gasteiger partial charge in [0.2, 0.25) is 0 Å². The van der Waals surface area contributed by atoms with Crippen molar-refractivity contribution in [1.82, 2.24) is 0 Å². The maximum absolute atomic E-state index is 11.7. The molecule has 0 bridgehead atoms. The number of sulfone groups is 1. The third kappa shape index (κ3) is 2.33. The number of hydrogen-bond donors (Lipinski definition) is 2. The molecule has 2 rings (SSSR count). The van der Waals surface area contributed by atoms with Crippen LogP contribution >= 0.6 is 0 Å². The maximum Gasteiger partial charge on any atom is 0.488 e. The van der Waals surface area contributed by atoms with Crippen LogP contribution in [0.1, 0.15) is 0 Å². The van der Waals surface area contributed by atoms with E-state index in [9.17, 15) is 8.42 Å². The Morgan fingerprint density at radius 3 is 2.35 bits per heavy atom. The van der Waals surface area contributed by atoms with Crippen molar-refractivity contribution in [2.75, 3.05) is 6.26 Å². The number of rotatable bonds is 2. The summed E-state index contributed by atoms with van der Waals surface area (Å²) in [7, 11) is -5.09. The summed E-state index contributed by atoms with van der Waals surface area (Å²) in [6, 6.07) is 9.79. The van der Waals surface area contributed by atoms with Crippen LogP contribution in [0, 0.1) is 0 Å². The average molecular weight is 250 g/mol. The minimum atomic E-state index is -3.41. The summed E-state index contributed by atoms with van der Waals surface area (Å²) in [5.74, 6) is 0. The lowest BCUT2D eigenvalue weighted by Crippen LogP contribution is -2.30. The number of benzene rings is 2. The molecule has 2 aromatic rings. The van der Waals surface area contributed by atoms with Gasteiger partial charge in [-0.05, 0) is 16.9 Å². The van der Waals surface area contributed by atoms with Crippen molar-refractivity contribution in [3.63, 3.8) is 0 Å². The van der Waals surface area contributed by atoms with E-state index < -0.39 is 17.0 Å². The molecule has 0 fully saturated rings.